The zero-order valence-electron chi connectivity index (χ0n) is 9.52. The van der Waals surface area contributed by atoms with Gasteiger partial charge in [-0.05, 0) is 11.1 Å². The van der Waals surface area contributed by atoms with Gasteiger partial charge in [0, 0.05) is 19.1 Å². The minimum atomic E-state index is -0.952. The predicted octanol–water partition coefficient (Wildman–Crippen LogP) is 3.18. The number of benzene rings is 1. The van der Waals surface area contributed by atoms with Gasteiger partial charge in [0.1, 0.15) is 6.29 Å². The predicted molar refractivity (Wildman–Crippen MR) is 68.8 cm³/mol. The molecule has 17 heavy (non-hydrogen) atoms. The van der Waals surface area contributed by atoms with Crippen molar-refractivity contribution < 1.29 is 9.53 Å². The summed E-state index contributed by atoms with van der Waals surface area (Å²) in [6.45, 7) is 0. The highest BCUT2D eigenvalue weighted by Gasteiger charge is 2.35. The number of ether oxygens (including phenoxy) is 1. The standard InChI is InChI=1S/C14H13ClO2/c1-17-14(15)9-11(10-16)7-8-13(14)12-5-3-2-4-6-12/h2-8,10H,9H2,1H3. The highest BCUT2D eigenvalue weighted by atomic mass is 35.5. The van der Waals surface area contributed by atoms with Gasteiger partial charge in [-0.15, -0.1) is 0 Å². The van der Waals surface area contributed by atoms with E-state index in [4.69, 9.17) is 16.3 Å². The maximum atomic E-state index is 10.8. The molecule has 0 saturated heterocycles. The quantitative estimate of drug-likeness (QED) is 0.607. The first-order valence-electron chi connectivity index (χ1n) is 5.35. The van der Waals surface area contributed by atoms with E-state index in [9.17, 15) is 4.79 Å². The molecule has 2 rings (SSSR count). The molecular weight excluding hydrogens is 236 g/mol. The second-order valence-corrected chi connectivity index (χ2v) is 4.53. The van der Waals surface area contributed by atoms with Crippen LogP contribution in [-0.2, 0) is 9.53 Å². The largest absolute Gasteiger partial charge is 0.358 e. The molecule has 0 spiro atoms. The lowest BCUT2D eigenvalue weighted by Gasteiger charge is -2.31. The maximum absolute atomic E-state index is 10.8. The first-order chi connectivity index (χ1) is 8.19. The van der Waals surface area contributed by atoms with E-state index >= 15 is 0 Å². The molecule has 0 bridgehead atoms. The van der Waals surface area contributed by atoms with E-state index in [2.05, 4.69) is 0 Å². The van der Waals surface area contributed by atoms with Gasteiger partial charge in [-0.1, -0.05) is 54.1 Å². The van der Waals surface area contributed by atoms with E-state index in [1.807, 2.05) is 36.4 Å². The zero-order valence-corrected chi connectivity index (χ0v) is 10.3. The Morgan fingerprint density at radius 2 is 2.00 bits per heavy atom. The van der Waals surface area contributed by atoms with Gasteiger partial charge in [0.2, 0.25) is 0 Å². The number of carbonyl (C=O) groups is 1. The molecule has 0 heterocycles. The smallest absolute Gasteiger partial charge is 0.171 e. The van der Waals surface area contributed by atoms with E-state index in [-0.39, 0.29) is 0 Å². The molecule has 0 aliphatic heterocycles. The lowest BCUT2D eigenvalue weighted by molar-refractivity contribution is -0.105. The van der Waals surface area contributed by atoms with Crippen molar-refractivity contribution in [1.82, 2.24) is 0 Å². The van der Waals surface area contributed by atoms with Crippen LogP contribution in [0, 0.1) is 0 Å². The van der Waals surface area contributed by atoms with Crippen molar-refractivity contribution in [3.8, 4) is 0 Å². The highest BCUT2D eigenvalue weighted by molar-refractivity contribution is 6.29. The maximum Gasteiger partial charge on any atom is 0.171 e. The molecule has 0 radical (unpaired) electrons. The lowest BCUT2D eigenvalue weighted by Crippen LogP contribution is -2.28. The fourth-order valence-electron chi connectivity index (χ4n) is 1.92. The molecule has 1 aliphatic rings. The van der Waals surface area contributed by atoms with E-state index < -0.39 is 5.06 Å². The second-order valence-electron chi connectivity index (χ2n) is 3.92. The minimum absolute atomic E-state index is 0.384. The van der Waals surface area contributed by atoms with Gasteiger partial charge in [-0.25, -0.2) is 0 Å². The Morgan fingerprint density at radius 3 is 2.59 bits per heavy atom. The molecule has 0 fully saturated rings. The van der Waals surface area contributed by atoms with Crippen molar-refractivity contribution in [2.24, 2.45) is 0 Å². The number of hydrogen-bond donors (Lipinski definition) is 0. The summed E-state index contributed by atoms with van der Waals surface area (Å²) in [7, 11) is 1.55. The monoisotopic (exact) mass is 248 g/mol. The van der Waals surface area contributed by atoms with Crippen LogP contribution in [0.5, 0.6) is 0 Å². The molecule has 1 atom stereocenters. The Bertz CT molecular complexity index is 476. The summed E-state index contributed by atoms with van der Waals surface area (Å²) in [5, 5.41) is -0.952. The summed E-state index contributed by atoms with van der Waals surface area (Å²) in [6, 6.07) is 9.79. The van der Waals surface area contributed by atoms with Crippen molar-refractivity contribution in [3.63, 3.8) is 0 Å². The average molecular weight is 249 g/mol. The topological polar surface area (TPSA) is 26.3 Å². The Balaban J connectivity index is 2.46. The molecule has 1 aromatic rings. The number of alkyl halides is 1. The van der Waals surface area contributed by atoms with Crippen LogP contribution in [0.2, 0.25) is 0 Å². The molecule has 1 aliphatic carbocycles. The van der Waals surface area contributed by atoms with Gasteiger partial charge in [0.05, 0.1) is 0 Å². The Morgan fingerprint density at radius 1 is 1.29 bits per heavy atom. The van der Waals surface area contributed by atoms with Crippen LogP contribution in [-0.4, -0.2) is 18.5 Å². The third-order valence-corrected chi connectivity index (χ3v) is 3.35. The van der Waals surface area contributed by atoms with Crippen LogP contribution in [0.25, 0.3) is 5.57 Å². The highest BCUT2D eigenvalue weighted by Crippen LogP contribution is 2.41. The molecular formula is C14H13ClO2. The van der Waals surface area contributed by atoms with E-state index in [0.29, 0.717) is 12.0 Å². The van der Waals surface area contributed by atoms with E-state index in [0.717, 1.165) is 17.4 Å². The molecule has 0 saturated carbocycles. The van der Waals surface area contributed by atoms with Crippen LogP contribution in [0.4, 0.5) is 0 Å². The third-order valence-electron chi connectivity index (χ3n) is 2.86. The van der Waals surface area contributed by atoms with Crippen molar-refractivity contribution in [3.05, 3.63) is 53.6 Å². The minimum Gasteiger partial charge on any atom is -0.358 e. The van der Waals surface area contributed by atoms with Gasteiger partial charge in [-0.2, -0.15) is 0 Å². The number of rotatable bonds is 3. The first kappa shape index (κ1) is 12.1. The summed E-state index contributed by atoms with van der Waals surface area (Å²) in [6.07, 6.45) is 4.83. The zero-order chi connectivity index (χ0) is 12.3. The second kappa shape index (κ2) is 4.86. The van der Waals surface area contributed by atoms with Crippen LogP contribution in [0.3, 0.4) is 0 Å². The molecule has 0 N–H and O–H groups in total. The Kier molecular flexibility index (Phi) is 3.46. The summed E-state index contributed by atoms with van der Waals surface area (Å²) in [5.74, 6) is 0. The SMILES string of the molecule is COC1(Cl)CC(C=O)=CC=C1c1ccccc1. The number of carbonyl (C=O) groups excluding carboxylic acids is 1. The molecule has 2 nitrogen and oxygen atoms in total. The summed E-state index contributed by atoms with van der Waals surface area (Å²) < 4.78 is 5.38. The van der Waals surface area contributed by atoms with Gasteiger partial charge in [-0.3, -0.25) is 4.79 Å². The fraction of sp³-hybridized carbons (Fsp3) is 0.214. The van der Waals surface area contributed by atoms with Crippen LogP contribution in [0.15, 0.2) is 48.1 Å². The van der Waals surface area contributed by atoms with Crippen LogP contribution in [0.1, 0.15) is 12.0 Å². The number of halogens is 1. The average Bonchev–Trinajstić information content (AvgIpc) is 2.39. The van der Waals surface area contributed by atoms with Crippen LogP contribution < -0.4 is 0 Å². The van der Waals surface area contributed by atoms with Crippen molar-refractivity contribution >= 4 is 23.5 Å². The summed E-state index contributed by atoms with van der Waals surface area (Å²) in [4.78, 5) is 10.8. The third kappa shape index (κ3) is 2.33. The lowest BCUT2D eigenvalue weighted by atomic mass is 9.90. The van der Waals surface area contributed by atoms with Gasteiger partial charge in [0.25, 0.3) is 0 Å². The van der Waals surface area contributed by atoms with Gasteiger partial charge < -0.3 is 4.74 Å². The molecule has 1 aromatic carbocycles. The van der Waals surface area contributed by atoms with E-state index in [1.165, 1.54) is 0 Å². The Labute approximate surface area is 106 Å². The summed E-state index contributed by atoms with van der Waals surface area (Å²) in [5.41, 5.74) is 2.53. The number of allylic oxidation sites excluding steroid dienone is 2. The number of hydrogen-bond acceptors (Lipinski definition) is 2. The van der Waals surface area contributed by atoms with Gasteiger partial charge >= 0.3 is 0 Å². The molecule has 88 valence electrons. The van der Waals surface area contributed by atoms with Crippen molar-refractivity contribution in [1.29, 1.82) is 0 Å². The van der Waals surface area contributed by atoms with Crippen molar-refractivity contribution in [2.45, 2.75) is 11.5 Å². The normalized spacial score (nSPS) is 23.9. The van der Waals surface area contributed by atoms with Crippen LogP contribution >= 0.6 is 11.6 Å². The number of aldehydes is 1. The summed E-state index contributed by atoms with van der Waals surface area (Å²) >= 11 is 6.44. The molecule has 1 unspecified atom stereocenters. The number of methoxy groups -OCH3 is 1. The molecule has 3 heteroatoms. The molecule has 0 amide bonds. The van der Waals surface area contributed by atoms with E-state index in [1.54, 1.807) is 13.2 Å². The Hall–Kier alpha value is -1.38. The van der Waals surface area contributed by atoms with Gasteiger partial charge in [0.15, 0.2) is 5.06 Å². The van der Waals surface area contributed by atoms with Crippen molar-refractivity contribution in [2.75, 3.05) is 7.11 Å². The fourth-order valence-corrected chi connectivity index (χ4v) is 2.25. The molecule has 0 aromatic heterocycles. The first-order valence-corrected chi connectivity index (χ1v) is 5.73.